The molecule has 0 atom stereocenters. The molecule has 0 unspecified atom stereocenters. The topological polar surface area (TPSA) is 101 Å². The Morgan fingerprint density at radius 1 is 1.03 bits per heavy atom. The van der Waals surface area contributed by atoms with Crippen LogP contribution in [-0.4, -0.2) is 29.2 Å². The maximum absolute atomic E-state index is 12.2. The molecule has 156 valence electrons. The van der Waals surface area contributed by atoms with Crippen LogP contribution in [0.1, 0.15) is 18.9 Å². The molecule has 7 nitrogen and oxygen atoms in total. The number of benzene rings is 2. The number of urea groups is 1. The third-order valence-electron chi connectivity index (χ3n) is 4.50. The Morgan fingerprint density at radius 2 is 1.60 bits per heavy atom. The largest absolute Gasteiger partial charge is 0.497 e. The molecule has 1 heterocycles. The second kappa shape index (κ2) is 8.96. The number of carbonyl (C=O) groups excluding carboxylic acids is 1. The van der Waals surface area contributed by atoms with Gasteiger partial charge in [0, 0.05) is 24.0 Å². The number of thiazole rings is 1. The van der Waals surface area contributed by atoms with Gasteiger partial charge in [-0.15, -0.1) is 11.3 Å². The minimum Gasteiger partial charge on any atom is -0.497 e. The second-order valence-electron chi connectivity index (χ2n) is 7.37. The number of ether oxygens (including phenoxy) is 1. The molecule has 8 heteroatoms. The van der Waals surface area contributed by atoms with Crippen LogP contribution in [0.2, 0.25) is 0 Å². The fourth-order valence-electron chi connectivity index (χ4n) is 2.66. The highest BCUT2D eigenvalue weighted by molar-refractivity contribution is 7.15. The van der Waals surface area contributed by atoms with Gasteiger partial charge in [-0.2, -0.15) is 0 Å². The standard InChI is InChI=1S/C22H23N3O4S/c1-22(2,20(26)27)12-19-23-13-18(30-19)14-4-6-15(7-5-14)24-21(28)25-16-8-10-17(29-3)11-9-16/h4-11,13H,12H2,1-3H3,(H,26,27)(H2,24,25,28). The van der Waals surface area contributed by atoms with Gasteiger partial charge in [0.1, 0.15) is 5.75 Å². The maximum Gasteiger partial charge on any atom is 0.323 e. The van der Waals surface area contributed by atoms with Gasteiger partial charge in [0.25, 0.3) is 0 Å². The van der Waals surface area contributed by atoms with Crippen molar-refractivity contribution in [3.05, 3.63) is 59.7 Å². The molecule has 1 aromatic heterocycles. The molecule has 2 aromatic carbocycles. The first-order chi connectivity index (χ1) is 14.3. The van der Waals surface area contributed by atoms with Crippen LogP contribution in [0.3, 0.4) is 0 Å². The van der Waals surface area contributed by atoms with E-state index in [1.165, 1.54) is 11.3 Å². The molecular weight excluding hydrogens is 402 g/mol. The van der Waals surface area contributed by atoms with Gasteiger partial charge < -0.3 is 20.5 Å². The number of carboxylic acids is 1. The van der Waals surface area contributed by atoms with E-state index in [1.807, 2.05) is 24.3 Å². The zero-order valence-electron chi connectivity index (χ0n) is 16.9. The summed E-state index contributed by atoms with van der Waals surface area (Å²) in [6.45, 7) is 3.38. The molecule has 2 amide bonds. The fraction of sp³-hybridized carbons (Fsp3) is 0.227. The Labute approximate surface area is 178 Å². The molecular formula is C22H23N3O4S. The summed E-state index contributed by atoms with van der Waals surface area (Å²) in [5.41, 5.74) is 1.40. The van der Waals surface area contributed by atoms with Crippen molar-refractivity contribution in [3.63, 3.8) is 0 Å². The van der Waals surface area contributed by atoms with E-state index in [9.17, 15) is 14.7 Å². The predicted octanol–water partition coefficient (Wildman–Crippen LogP) is 5.12. The maximum atomic E-state index is 12.2. The quantitative estimate of drug-likeness (QED) is 0.488. The highest BCUT2D eigenvalue weighted by Crippen LogP contribution is 2.31. The normalized spacial score (nSPS) is 11.0. The van der Waals surface area contributed by atoms with E-state index < -0.39 is 11.4 Å². The molecule has 3 aromatic rings. The number of hydrogen-bond acceptors (Lipinski definition) is 5. The van der Waals surface area contributed by atoms with Gasteiger partial charge in [-0.25, -0.2) is 9.78 Å². The minimum absolute atomic E-state index is 0.344. The zero-order valence-corrected chi connectivity index (χ0v) is 17.7. The summed E-state index contributed by atoms with van der Waals surface area (Å²) in [6.07, 6.45) is 2.12. The summed E-state index contributed by atoms with van der Waals surface area (Å²) >= 11 is 1.47. The number of amides is 2. The van der Waals surface area contributed by atoms with E-state index in [1.54, 1.807) is 51.4 Å². The lowest BCUT2D eigenvalue weighted by molar-refractivity contribution is -0.146. The summed E-state index contributed by atoms with van der Waals surface area (Å²) in [4.78, 5) is 28.8. The summed E-state index contributed by atoms with van der Waals surface area (Å²) in [7, 11) is 1.59. The molecule has 30 heavy (non-hydrogen) atoms. The molecule has 3 N–H and O–H groups in total. The van der Waals surface area contributed by atoms with Crippen molar-refractivity contribution >= 4 is 34.7 Å². The van der Waals surface area contributed by atoms with E-state index in [2.05, 4.69) is 15.6 Å². The monoisotopic (exact) mass is 425 g/mol. The third kappa shape index (κ3) is 5.36. The van der Waals surface area contributed by atoms with Crippen LogP contribution in [0.4, 0.5) is 16.2 Å². The lowest BCUT2D eigenvalue weighted by Gasteiger charge is -2.16. The number of nitrogens with one attached hydrogen (secondary N) is 2. The molecule has 0 fully saturated rings. The van der Waals surface area contributed by atoms with Gasteiger partial charge in [0.05, 0.1) is 22.4 Å². The van der Waals surface area contributed by atoms with E-state index in [0.717, 1.165) is 15.4 Å². The van der Waals surface area contributed by atoms with E-state index in [0.29, 0.717) is 23.5 Å². The number of methoxy groups -OCH3 is 1. The van der Waals surface area contributed by atoms with Crippen molar-refractivity contribution in [1.29, 1.82) is 0 Å². The van der Waals surface area contributed by atoms with Gasteiger partial charge in [-0.05, 0) is 55.8 Å². The molecule has 0 aliphatic heterocycles. The van der Waals surface area contributed by atoms with Crippen LogP contribution >= 0.6 is 11.3 Å². The first-order valence-corrected chi connectivity index (χ1v) is 10.1. The smallest absolute Gasteiger partial charge is 0.323 e. The number of nitrogens with zero attached hydrogens (tertiary/aromatic N) is 1. The molecule has 0 saturated carbocycles. The van der Waals surface area contributed by atoms with Gasteiger partial charge in [0.2, 0.25) is 0 Å². The van der Waals surface area contributed by atoms with Crippen LogP contribution in [0.5, 0.6) is 5.75 Å². The fourth-order valence-corrected chi connectivity index (χ4v) is 3.82. The van der Waals surface area contributed by atoms with Crippen LogP contribution in [0.15, 0.2) is 54.7 Å². The van der Waals surface area contributed by atoms with E-state index in [4.69, 9.17) is 4.74 Å². The van der Waals surface area contributed by atoms with Crippen molar-refractivity contribution in [2.75, 3.05) is 17.7 Å². The number of aromatic nitrogens is 1. The Balaban J connectivity index is 1.60. The van der Waals surface area contributed by atoms with E-state index >= 15 is 0 Å². The highest BCUT2D eigenvalue weighted by atomic mass is 32.1. The second-order valence-corrected chi connectivity index (χ2v) is 8.48. The average molecular weight is 426 g/mol. The number of carboxylic acid groups (broad SMARTS) is 1. The number of carbonyl (C=O) groups is 2. The van der Waals surface area contributed by atoms with Gasteiger partial charge in [-0.3, -0.25) is 4.79 Å². The first-order valence-electron chi connectivity index (χ1n) is 9.27. The van der Waals surface area contributed by atoms with Crippen molar-refractivity contribution in [2.45, 2.75) is 20.3 Å². The first kappa shape index (κ1) is 21.3. The highest BCUT2D eigenvalue weighted by Gasteiger charge is 2.28. The van der Waals surface area contributed by atoms with Crippen LogP contribution in [0.25, 0.3) is 10.4 Å². The number of aliphatic carboxylic acids is 1. The van der Waals surface area contributed by atoms with Crippen LogP contribution in [-0.2, 0) is 11.2 Å². The SMILES string of the molecule is COc1ccc(NC(=O)Nc2ccc(-c3cnc(CC(C)(C)C(=O)O)s3)cc2)cc1. The lowest BCUT2D eigenvalue weighted by atomic mass is 9.90. The molecule has 0 spiro atoms. The lowest BCUT2D eigenvalue weighted by Crippen LogP contribution is -2.26. The van der Waals surface area contributed by atoms with Crippen molar-refractivity contribution in [2.24, 2.45) is 5.41 Å². The summed E-state index contributed by atoms with van der Waals surface area (Å²) in [5, 5.41) is 15.6. The Kier molecular flexibility index (Phi) is 6.37. The average Bonchev–Trinajstić information content (AvgIpc) is 3.16. The van der Waals surface area contributed by atoms with Gasteiger partial charge in [-0.1, -0.05) is 12.1 Å². The minimum atomic E-state index is -0.861. The van der Waals surface area contributed by atoms with Gasteiger partial charge in [0.15, 0.2) is 0 Å². The number of anilines is 2. The molecule has 0 saturated heterocycles. The van der Waals surface area contributed by atoms with Crippen molar-refractivity contribution < 1.29 is 19.4 Å². The van der Waals surface area contributed by atoms with Crippen LogP contribution in [0, 0.1) is 5.41 Å². The molecule has 3 rings (SSSR count). The molecule has 0 aliphatic rings. The van der Waals surface area contributed by atoms with Crippen molar-refractivity contribution in [1.82, 2.24) is 4.98 Å². The Hall–Kier alpha value is -3.39. The molecule has 0 bridgehead atoms. The summed E-state index contributed by atoms with van der Waals surface area (Å²) in [5.74, 6) is -0.128. The van der Waals surface area contributed by atoms with Gasteiger partial charge >= 0.3 is 12.0 Å². The molecule has 0 aliphatic carbocycles. The molecule has 0 radical (unpaired) electrons. The third-order valence-corrected chi connectivity index (χ3v) is 5.55. The number of rotatable bonds is 7. The van der Waals surface area contributed by atoms with Crippen molar-refractivity contribution in [3.8, 4) is 16.2 Å². The Bertz CT molecular complexity index is 1030. The number of hydrogen-bond donors (Lipinski definition) is 3. The van der Waals surface area contributed by atoms with E-state index in [-0.39, 0.29) is 6.03 Å². The zero-order chi connectivity index (χ0) is 21.7. The Morgan fingerprint density at radius 3 is 2.13 bits per heavy atom. The predicted molar refractivity (Wildman–Crippen MR) is 118 cm³/mol. The summed E-state index contributed by atoms with van der Waals surface area (Å²) < 4.78 is 5.10. The summed E-state index contributed by atoms with van der Waals surface area (Å²) in [6, 6.07) is 14.1. The van der Waals surface area contributed by atoms with Crippen LogP contribution < -0.4 is 15.4 Å².